The average molecular weight is 461 g/mol. The van der Waals surface area contributed by atoms with Crippen LogP contribution in [0.2, 0.25) is 0 Å². The van der Waals surface area contributed by atoms with E-state index >= 15 is 0 Å². The van der Waals surface area contributed by atoms with Crippen LogP contribution in [0.25, 0.3) is 0 Å². The van der Waals surface area contributed by atoms with Gasteiger partial charge >= 0.3 is 5.97 Å². The Kier molecular flexibility index (Phi) is 6.29. The molecule has 1 aliphatic carbocycles. The molecule has 0 radical (unpaired) electrons. The van der Waals surface area contributed by atoms with Gasteiger partial charge in [-0.25, -0.2) is 4.79 Å². The van der Waals surface area contributed by atoms with Crippen LogP contribution >= 0.6 is 11.3 Å². The highest BCUT2D eigenvalue weighted by Gasteiger charge is 2.29. The van der Waals surface area contributed by atoms with E-state index < -0.39 is 0 Å². The number of thiophene rings is 1. The summed E-state index contributed by atoms with van der Waals surface area (Å²) in [6.45, 7) is 2.48. The molecule has 2 aromatic carbocycles. The number of methoxy groups -OCH3 is 1. The first-order valence-corrected chi connectivity index (χ1v) is 12.4. The number of amides is 1. The van der Waals surface area contributed by atoms with Crippen LogP contribution in [0, 0.1) is 0 Å². The molecule has 33 heavy (non-hydrogen) atoms. The van der Waals surface area contributed by atoms with Crippen molar-refractivity contribution in [2.24, 2.45) is 0 Å². The van der Waals surface area contributed by atoms with Gasteiger partial charge in [0, 0.05) is 30.1 Å². The second kappa shape index (κ2) is 9.49. The Hall–Kier alpha value is -2.96. The minimum Gasteiger partial charge on any atom is -0.465 e. The molecule has 1 N–H and O–H groups in total. The van der Waals surface area contributed by atoms with E-state index in [2.05, 4.69) is 40.5 Å². The number of nitrogens with zero attached hydrogens (tertiary/aromatic N) is 1. The summed E-state index contributed by atoms with van der Waals surface area (Å²) in [5, 5.41) is 3.62. The van der Waals surface area contributed by atoms with Gasteiger partial charge in [-0.15, -0.1) is 11.3 Å². The Bertz CT molecular complexity index is 1190. The Morgan fingerprint density at radius 2 is 1.82 bits per heavy atom. The van der Waals surface area contributed by atoms with Gasteiger partial charge in [0.15, 0.2) is 0 Å². The number of hydrogen-bond acceptors (Lipinski definition) is 5. The van der Waals surface area contributed by atoms with Gasteiger partial charge in [0.25, 0.3) is 5.91 Å². The molecule has 2 heterocycles. The van der Waals surface area contributed by atoms with Crippen molar-refractivity contribution in [3.8, 4) is 0 Å². The number of nitrogens with one attached hydrogen (secondary N) is 1. The summed E-state index contributed by atoms with van der Waals surface area (Å²) in [4.78, 5) is 29.3. The number of anilines is 1. The van der Waals surface area contributed by atoms with Crippen molar-refractivity contribution < 1.29 is 14.3 Å². The monoisotopic (exact) mass is 460 g/mol. The van der Waals surface area contributed by atoms with Gasteiger partial charge in [-0.2, -0.15) is 0 Å². The summed E-state index contributed by atoms with van der Waals surface area (Å²) in [5.41, 5.74) is 6.05. The van der Waals surface area contributed by atoms with Crippen LogP contribution in [0.3, 0.4) is 0 Å². The maximum absolute atomic E-state index is 13.1. The molecule has 1 amide bonds. The largest absolute Gasteiger partial charge is 0.465 e. The highest BCUT2D eigenvalue weighted by Crippen LogP contribution is 2.38. The van der Waals surface area contributed by atoms with Crippen molar-refractivity contribution in [3.63, 3.8) is 0 Å². The van der Waals surface area contributed by atoms with Crippen LogP contribution in [-0.2, 0) is 37.1 Å². The highest BCUT2D eigenvalue weighted by molar-refractivity contribution is 7.17. The van der Waals surface area contributed by atoms with Crippen LogP contribution in [0.1, 0.15) is 60.7 Å². The van der Waals surface area contributed by atoms with Gasteiger partial charge in [0.05, 0.1) is 12.7 Å². The van der Waals surface area contributed by atoms with Crippen LogP contribution in [0.15, 0.2) is 48.5 Å². The fourth-order valence-corrected chi connectivity index (χ4v) is 6.16. The number of aryl methyl sites for hydroxylation is 2. The molecule has 1 aromatic heterocycles. The third kappa shape index (κ3) is 4.59. The molecule has 0 fully saturated rings. The first kappa shape index (κ1) is 21.9. The molecule has 1 aliphatic heterocycles. The second-order valence-corrected chi connectivity index (χ2v) is 9.90. The number of hydrogen-bond donors (Lipinski definition) is 1. The Labute approximate surface area is 198 Å². The fourth-order valence-electron chi connectivity index (χ4n) is 4.89. The second-order valence-electron chi connectivity index (χ2n) is 8.79. The lowest BCUT2D eigenvalue weighted by molar-refractivity contribution is 0.0600. The van der Waals surface area contributed by atoms with Crippen LogP contribution in [0.4, 0.5) is 5.00 Å². The lowest BCUT2D eigenvalue weighted by Gasteiger charge is -2.27. The lowest BCUT2D eigenvalue weighted by Crippen LogP contribution is -2.29. The van der Waals surface area contributed by atoms with Crippen LogP contribution in [-0.4, -0.2) is 30.4 Å². The normalized spacial score (nSPS) is 15.4. The zero-order chi connectivity index (χ0) is 22.8. The summed E-state index contributed by atoms with van der Waals surface area (Å²) in [6, 6.07) is 16.4. The van der Waals surface area contributed by atoms with Gasteiger partial charge in [-0.3, -0.25) is 9.69 Å². The fraction of sp³-hybridized carbons (Fsp3) is 0.333. The molecule has 170 valence electrons. The number of esters is 1. The van der Waals surface area contributed by atoms with E-state index in [4.69, 9.17) is 4.74 Å². The Morgan fingerprint density at radius 3 is 2.61 bits per heavy atom. The van der Waals surface area contributed by atoms with Gasteiger partial charge in [0.2, 0.25) is 0 Å². The smallest absolute Gasteiger partial charge is 0.341 e. The zero-order valence-electron chi connectivity index (χ0n) is 18.9. The molecule has 3 aromatic rings. The molecule has 0 bridgehead atoms. The van der Waals surface area contributed by atoms with Crippen molar-refractivity contribution in [3.05, 3.63) is 86.8 Å². The van der Waals surface area contributed by atoms with E-state index in [1.54, 1.807) is 0 Å². The molecule has 0 spiro atoms. The number of ether oxygens (including phenoxy) is 1. The molecule has 5 rings (SSSR count). The van der Waals surface area contributed by atoms with Gasteiger partial charge in [0.1, 0.15) is 5.00 Å². The quantitative estimate of drug-likeness (QED) is 0.530. The maximum atomic E-state index is 13.1. The minimum absolute atomic E-state index is 0.173. The number of fused-ring (bicyclic) bond motifs is 2. The topological polar surface area (TPSA) is 58.6 Å². The Balaban J connectivity index is 1.39. The highest BCUT2D eigenvalue weighted by atomic mass is 32.1. The third-order valence-electron chi connectivity index (χ3n) is 6.61. The molecule has 0 saturated heterocycles. The molecule has 6 heteroatoms. The number of carbonyl (C=O) groups is 2. The molecular weight excluding hydrogens is 432 g/mol. The van der Waals surface area contributed by atoms with Crippen molar-refractivity contribution >= 4 is 28.2 Å². The number of benzene rings is 2. The summed E-state index contributed by atoms with van der Waals surface area (Å²) in [5.74, 6) is -0.557. The predicted molar refractivity (Wildman–Crippen MR) is 131 cm³/mol. The molecule has 2 aliphatic rings. The molecule has 0 saturated carbocycles. The van der Waals surface area contributed by atoms with Crippen molar-refractivity contribution in [2.45, 2.75) is 45.2 Å². The van der Waals surface area contributed by atoms with E-state index in [1.165, 1.54) is 48.0 Å². The van der Waals surface area contributed by atoms with Gasteiger partial charge in [-0.1, -0.05) is 36.4 Å². The predicted octanol–water partition coefficient (Wildman–Crippen LogP) is 5.22. The Morgan fingerprint density at radius 1 is 1.03 bits per heavy atom. The maximum Gasteiger partial charge on any atom is 0.341 e. The SMILES string of the molecule is COC(=O)c1c(NC(=O)c2ccc3c(c2)CCCC3)sc2c1CCN(Cc1ccccc1)C2. The summed E-state index contributed by atoms with van der Waals surface area (Å²) >= 11 is 1.50. The molecular formula is C27H28N2O3S. The summed E-state index contributed by atoms with van der Waals surface area (Å²) in [6.07, 6.45) is 5.25. The van der Waals surface area contributed by atoms with Crippen molar-refractivity contribution in [1.29, 1.82) is 0 Å². The van der Waals surface area contributed by atoms with Gasteiger partial charge in [-0.05, 0) is 66.5 Å². The van der Waals surface area contributed by atoms with Crippen molar-refractivity contribution in [1.82, 2.24) is 4.90 Å². The summed E-state index contributed by atoms with van der Waals surface area (Å²) < 4.78 is 5.09. The standard InChI is InChI=1S/C27H28N2O3S/c1-32-27(31)24-22-13-14-29(16-18-7-3-2-4-8-18)17-23(22)33-26(24)28-25(30)21-12-11-19-9-5-6-10-20(19)15-21/h2-4,7-8,11-12,15H,5-6,9-10,13-14,16-17H2,1H3,(H,28,30). The van der Waals surface area contributed by atoms with E-state index in [0.29, 0.717) is 16.1 Å². The van der Waals surface area contributed by atoms with Crippen molar-refractivity contribution in [2.75, 3.05) is 19.0 Å². The zero-order valence-corrected chi connectivity index (χ0v) is 19.7. The summed E-state index contributed by atoms with van der Waals surface area (Å²) in [7, 11) is 1.39. The third-order valence-corrected chi connectivity index (χ3v) is 7.74. The molecule has 5 nitrogen and oxygen atoms in total. The van der Waals surface area contributed by atoms with Gasteiger partial charge < -0.3 is 10.1 Å². The molecule has 0 atom stereocenters. The number of carbonyl (C=O) groups excluding carboxylic acids is 2. The van der Waals surface area contributed by atoms with E-state index in [1.807, 2.05) is 18.2 Å². The minimum atomic E-state index is -0.384. The van der Waals surface area contributed by atoms with Crippen LogP contribution < -0.4 is 5.32 Å². The average Bonchev–Trinajstić information content (AvgIpc) is 3.20. The van der Waals surface area contributed by atoms with Crippen LogP contribution in [0.5, 0.6) is 0 Å². The van der Waals surface area contributed by atoms with E-state index in [-0.39, 0.29) is 11.9 Å². The number of rotatable bonds is 5. The first-order valence-electron chi connectivity index (χ1n) is 11.5. The lowest BCUT2D eigenvalue weighted by atomic mass is 9.90. The first-order chi connectivity index (χ1) is 16.1. The van der Waals surface area contributed by atoms with E-state index in [9.17, 15) is 9.59 Å². The van der Waals surface area contributed by atoms with E-state index in [0.717, 1.165) is 49.3 Å². The molecule has 0 unspecified atom stereocenters.